The van der Waals surface area contributed by atoms with Crippen molar-refractivity contribution < 1.29 is 0 Å². The fraction of sp³-hybridized carbons (Fsp3) is 0.231. The second-order valence-electron chi connectivity index (χ2n) is 4.65. The van der Waals surface area contributed by atoms with E-state index in [0.29, 0.717) is 22.5 Å². The molecular formula is C13H13Cl2N5. The Morgan fingerprint density at radius 2 is 2.00 bits per heavy atom. The maximum absolute atomic E-state index is 6.06. The standard InChI is InChI=1S/C13H13Cl2N5/c1-19-7-8(6-17-19)2-3-20-12-5-10(15)9(14)4-11(12)18-13(20)16/h4-7H,2-3H2,1H3,(H2,16,18). The first kappa shape index (κ1) is 13.3. The Hall–Kier alpha value is -1.72. The van der Waals surface area contributed by atoms with Gasteiger partial charge < -0.3 is 10.3 Å². The molecule has 3 rings (SSSR count). The zero-order chi connectivity index (χ0) is 14.3. The highest BCUT2D eigenvalue weighted by Crippen LogP contribution is 2.29. The summed E-state index contributed by atoms with van der Waals surface area (Å²) in [5, 5.41) is 5.13. The molecule has 0 fully saturated rings. The monoisotopic (exact) mass is 309 g/mol. The first-order valence-electron chi connectivity index (χ1n) is 6.13. The van der Waals surface area contributed by atoms with Crippen LogP contribution in [0.2, 0.25) is 10.0 Å². The lowest BCUT2D eigenvalue weighted by atomic mass is 10.2. The van der Waals surface area contributed by atoms with E-state index in [2.05, 4.69) is 10.1 Å². The molecule has 3 aromatic rings. The molecule has 0 radical (unpaired) electrons. The van der Waals surface area contributed by atoms with Gasteiger partial charge >= 0.3 is 0 Å². The Balaban J connectivity index is 1.94. The van der Waals surface area contributed by atoms with Crippen LogP contribution < -0.4 is 5.73 Å². The van der Waals surface area contributed by atoms with Crippen molar-refractivity contribution >= 4 is 40.2 Å². The fourth-order valence-corrected chi connectivity index (χ4v) is 2.53. The molecule has 0 unspecified atom stereocenters. The summed E-state index contributed by atoms with van der Waals surface area (Å²) in [7, 11) is 1.90. The number of nitrogens with two attached hydrogens (primary N) is 1. The minimum Gasteiger partial charge on any atom is -0.369 e. The van der Waals surface area contributed by atoms with E-state index in [1.165, 1.54) is 0 Å². The van der Waals surface area contributed by atoms with Crippen molar-refractivity contribution in [3.05, 3.63) is 40.1 Å². The maximum atomic E-state index is 6.06. The van der Waals surface area contributed by atoms with Crippen LogP contribution in [-0.4, -0.2) is 19.3 Å². The Bertz CT molecular complexity index is 775. The Morgan fingerprint density at radius 3 is 2.70 bits per heavy atom. The van der Waals surface area contributed by atoms with Gasteiger partial charge in [0.15, 0.2) is 0 Å². The minimum atomic E-state index is 0.460. The van der Waals surface area contributed by atoms with Crippen LogP contribution in [0.1, 0.15) is 5.56 Å². The van der Waals surface area contributed by atoms with Crippen LogP contribution in [0, 0.1) is 0 Å². The van der Waals surface area contributed by atoms with Crippen LogP contribution in [0.15, 0.2) is 24.5 Å². The normalized spacial score (nSPS) is 11.3. The first-order valence-corrected chi connectivity index (χ1v) is 6.88. The number of imidazole rings is 1. The number of halogens is 2. The Morgan fingerprint density at radius 1 is 1.25 bits per heavy atom. The topological polar surface area (TPSA) is 61.7 Å². The predicted molar refractivity (Wildman–Crippen MR) is 81.1 cm³/mol. The lowest BCUT2D eigenvalue weighted by Gasteiger charge is -2.05. The van der Waals surface area contributed by atoms with Gasteiger partial charge in [0, 0.05) is 19.8 Å². The van der Waals surface area contributed by atoms with Gasteiger partial charge in [-0.2, -0.15) is 5.10 Å². The third-order valence-electron chi connectivity index (χ3n) is 3.20. The minimum absolute atomic E-state index is 0.460. The summed E-state index contributed by atoms with van der Waals surface area (Å²) in [5.41, 5.74) is 8.76. The van der Waals surface area contributed by atoms with E-state index in [1.807, 2.05) is 24.0 Å². The third kappa shape index (κ3) is 2.34. The highest BCUT2D eigenvalue weighted by molar-refractivity contribution is 6.42. The second-order valence-corrected chi connectivity index (χ2v) is 5.46. The fourth-order valence-electron chi connectivity index (χ4n) is 2.22. The van der Waals surface area contributed by atoms with E-state index >= 15 is 0 Å². The molecule has 0 aliphatic heterocycles. The molecule has 2 N–H and O–H groups in total. The number of hydrogen-bond acceptors (Lipinski definition) is 3. The summed E-state index contributed by atoms with van der Waals surface area (Å²) in [6.45, 7) is 0.714. The third-order valence-corrected chi connectivity index (χ3v) is 3.92. The number of anilines is 1. The van der Waals surface area contributed by atoms with Gasteiger partial charge in [0.05, 0.1) is 27.3 Å². The zero-order valence-corrected chi connectivity index (χ0v) is 12.4. The summed E-state index contributed by atoms with van der Waals surface area (Å²) in [5.74, 6) is 0.460. The maximum Gasteiger partial charge on any atom is 0.201 e. The van der Waals surface area contributed by atoms with Crippen LogP contribution >= 0.6 is 23.2 Å². The summed E-state index contributed by atoms with van der Waals surface area (Å²) in [6, 6.07) is 3.53. The zero-order valence-electron chi connectivity index (χ0n) is 10.8. The number of fused-ring (bicyclic) bond motifs is 1. The number of hydrogen-bond donors (Lipinski definition) is 1. The van der Waals surface area contributed by atoms with Gasteiger partial charge in [0.1, 0.15) is 0 Å². The van der Waals surface area contributed by atoms with Crippen LogP contribution in [0.5, 0.6) is 0 Å². The molecule has 0 aliphatic rings. The molecule has 5 nitrogen and oxygen atoms in total. The number of aryl methyl sites for hydroxylation is 3. The van der Waals surface area contributed by atoms with Crippen molar-refractivity contribution in [1.82, 2.24) is 19.3 Å². The van der Waals surface area contributed by atoms with E-state index in [4.69, 9.17) is 28.9 Å². The number of nitrogens with zero attached hydrogens (tertiary/aromatic N) is 4. The van der Waals surface area contributed by atoms with Gasteiger partial charge in [-0.25, -0.2) is 4.98 Å². The molecule has 20 heavy (non-hydrogen) atoms. The van der Waals surface area contributed by atoms with Crippen molar-refractivity contribution in [3.8, 4) is 0 Å². The molecule has 2 heterocycles. The molecule has 7 heteroatoms. The summed E-state index contributed by atoms with van der Waals surface area (Å²) in [4.78, 5) is 4.31. The SMILES string of the molecule is Cn1cc(CCn2c(N)nc3cc(Cl)c(Cl)cc32)cn1. The van der Waals surface area contributed by atoms with Crippen LogP contribution in [0.3, 0.4) is 0 Å². The van der Waals surface area contributed by atoms with E-state index in [1.54, 1.807) is 16.8 Å². The van der Waals surface area contributed by atoms with E-state index in [9.17, 15) is 0 Å². The molecule has 0 amide bonds. The number of rotatable bonds is 3. The van der Waals surface area contributed by atoms with Crippen LogP contribution in [0.25, 0.3) is 11.0 Å². The smallest absolute Gasteiger partial charge is 0.201 e. The molecule has 0 bridgehead atoms. The molecular weight excluding hydrogens is 297 g/mol. The van der Waals surface area contributed by atoms with Gasteiger partial charge in [-0.1, -0.05) is 23.2 Å². The highest BCUT2D eigenvalue weighted by atomic mass is 35.5. The largest absolute Gasteiger partial charge is 0.369 e. The first-order chi connectivity index (χ1) is 9.54. The lowest BCUT2D eigenvalue weighted by Crippen LogP contribution is -2.05. The molecule has 2 aromatic heterocycles. The van der Waals surface area contributed by atoms with Gasteiger partial charge in [-0.05, 0) is 24.1 Å². The molecule has 0 saturated heterocycles. The van der Waals surface area contributed by atoms with Crippen molar-refractivity contribution in [2.75, 3.05) is 5.73 Å². The number of nitrogen functional groups attached to an aromatic ring is 1. The van der Waals surface area contributed by atoms with Gasteiger partial charge in [-0.15, -0.1) is 0 Å². The van der Waals surface area contributed by atoms with Gasteiger partial charge in [0.25, 0.3) is 0 Å². The molecule has 0 saturated carbocycles. The molecule has 0 spiro atoms. The molecule has 0 atom stereocenters. The Kier molecular flexibility index (Phi) is 3.31. The molecule has 104 valence electrons. The second kappa shape index (κ2) is 5.00. The highest BCUT2D eigenvalue weighted by Gasteiger charge is 2.11. The van der Waals surface area contributed by atoms with Crippen molar-refractivity contribution in [2.24, 2.45) is 7.05 Å². The van der Waals surface area contributed by atoms with Crippen LogP contribution in [0.4, 0.5) is 5.95 Å². The summed E-state index contributed by atoms with van der Waals surface area (Å²) >= 11 is 12.1. The number of aromatic nitrogens is 4. The molecule has 0 aliphatic carbocycles. The average Bonchev–Trinajstić information content (AvgIpc) is 2.92. The average molecular weight is 310 g/mol. The van der Waals surface area contributed by atoms with Crippen molar-refractivity contribution in [2.45, 2.75) is 13.0 Å². The molecule has 1 aromatic carbocycles. The summed E-state index contributed by atoms with van der Waals surface area (Å²) in [6.07, 6.45) is 4.65. The van der Waals surface area contributed by atoms with Gasteiger partial charge in [0.2, 0.25) is 5.95 Å². The van der Waals surface area contributed by atoms with E-state index < -0.39 is 0 Å². The quantitative estimate of drug-likeness (QED) is 0.809. The predicted octanol–water partition coefficient (Wildman–Crippen LogP) is 2.90. The summed E-state index contributed by atoms with van der Waals surface area (Å²) < 4.78 is 3.71. The Labute approximate surface area is 125 Å². The van der Waals surface area contributed by atoms with Crippen LogP contribution in [-0.2, 0) is 20.0 Å². The lowest BCUT2D eigenvalue weighted by molar-refractivity contribution is 0.723. The van der Waals surface area contributed by atoms with Crippen molar-refractivity contribution in [1.29, 1.82) is 0 Å². The van der Waals surface area contributed by atoms with Gasteiger partial charge in [-0.3, -0.25) is 4.68 Å². The number of benzene rings is 1. The van der Waals surface area contributed by atoms with E-state index in [-0.39, 0.29) is 0 Å². The van der Waals surface area contributed by atoms with Crippen molar-refractivity contribution in [3.63, 3.8) is 0 Å². The van der Waals surface area contributed by atoms with E-state index in [0.717, 1.165) is 23.0 Å².